The molecule has 0 aliphatic carbocycles. The second kappa shape index (κ2) is 9.43. The number of benzene rings is 1. The molecule has 0 saturated carbocycles. The molecule has 3 aromatic rings. The molecule has 1 saturated heterocycles. The smallest absolute Gasteiger partial charge is 0.230 e. The highest BCUT2D eigenvalue weighted by Crippen LogP contribution is 2.29. The van der Waals surface area contributed by atoms with Crippen molar-refractivity contribution < 1.29 is 14.3 Å². The number of nitrogens with one attached hydrogen (secondary N) is 2. The molecule has 0 spiro atoms. The van der Waals surface area contributed by atoms with Gasteiger partial charge in [-0.2, -0.15) is 0 Å². The summed E-state index contributed by atoms with van der Waals surface area (Å²) in [4.78, 5) is 15.5. The van der Waals surface area contributed by atoms with Crippen molar-refractivity contribution in [2.75, 3.05) is 32.6 Å². The van der Waals surface area contributed by atoms with Crippen LogP contribution >= 0.6 is 11.8 Å². The first-order valence-corrected chi connectivity index (χ1v) is 10.7. The Bertz CT molecular complexity index is 964. The van der Waals surface area contributed by atoms with Gasteiger partial charge >= 0.3 is 0 Å². The van der Waals surface area contributed by atoms with Gasteiger partial charge in [0.15, 0.2) is 11.0 Å². The maximum Gasteiger partial charge on any atom is 0.230 e. The van der Waals surface area contributed by atoms with Crippen molar-refractivity contribution in [3.63, 3.8) is 0 Å². The predicted octanol–water partition coefficient (Wildman–Crippen LogP) is 2.46. The lowest BCUT2D eigenvalue weighted by molar-refractivity contribution is -0.119. The van der Waals surface area contributed by atoms with E-state index in [4.69, 9.17) is 9.47 Å². The third-order valence-electron chi connectivity index (χ3n) is 4.95. The van der Waals surface area contributed by atoms with Crippen LogP contribution in [0.25, 0.3) is 22.3 Å². The zero-order valence-electron chi connectivity index (χ0n) is 16.4. The second-order valence-corrected chi connectivity index (χ2v) is 7.87. The number of amides is 1. The van der Waals surface area contributed by atoms with Gasteiger partial charge in [0, 0.05) is 42.9 Å². The molecule has 9 heteroatoms. The van der Waals surface area contributed by atoms with E-state index in [-0.39, 0.29) is 17.8 Å². The van der Waals surface area contributed by atoms with Gasteiger partial charge < -0.3 is 19.8 Å². The van der Waals surface area contributed by atoms with E-state index < -0.39 is 0 Å². The normalized spacial score (nSPS) is 16.5. The van der Waals surface area contributed by atoms with E-state index in [2.05, 4.69) is 26.6 Å². The van der Waals surface area contributed by atoms with Crippen molar-refractivity contribution in [3.8, 4) is 11.4 Å². The van der Waals surface area contributed by atoms with Crippen LogP contribution < -0.4 is 5.32 Å². The number of carbonyl (C=O) groups is 1. The molecule has 8 nitrogen and oxygen atoms in total. The zero-order chi connectivity index (χ0) is 20.1. The minimum atomic E-state index is -0.0274. The van der Waals surface area contributed by atoms with Gasteiger partial charge in [0.2, 0.25) is 5.91 Å². The van der Waals surface area contributed by atoms with Crippen LogP contribution in [-0.2, 0) is 20.8 Å². The van der Waals surface area contributed by atoms with Crippen molar-refractivity contribution in [2.24, 2.45) is 0 Å². The fourth-order valence-corrected chi connectivity index (χ4v) is 4.24. The van der Waals surface area contributed by atoms with Crippen molar-refractivity contribution in [1.82, 2.24) is 25.1 Å². The molecule has 4 rings (SSSR count). The van der Waals surface area contributed by atoms with Gasteiger partial charge in [-0.05, 0) is 18.9 Å². The lowest BCUT2D eigenvalue weighted by Crippen LogP contribution is -2.33. The minimum absolute atomic E-state index is 0.0274. The number of thioether (sulfide) groups is 1. The van der Waals surface area contributed by atoms with Gasteiger partial charge in [0.05, 0.1) is 25.0 Å². The molecule has 1 atom stereocenters. The maximum absolute atomic E-state index is 12.2. The SMILES string of the molecule is COCCn1c(SCC(=O)NCC2CCCO2)nnc1-c1c[nH]c2ccccc12. The van der Waals surface area contributed by atoms with Crippen molar-refractivity contribution in [3.05, 3.63) is 30.5 Å². The fraction of sp³-hybridized carbons (Fsp3) is 0.450. The molecule has 29 heavy (non-hydrogen) atoms. The molecule has 1 amide bonds. The van der Waals surface area contributed by atoms with E-state index in [9.17, 15) is 4.79 Å². The van der Waals surface area contributed by atoms with Crippen molar-refractivity contribution in [1.29, 1.82) is 0 Å². The van der Waals surface area contributed by atoms with Gasteiger partial charge in [-0.25, -0.2) is 0 Å². The summed E-state index contributed by atoms with van der Waals surface area (Å²) in [6.07, 6.45) is 4.16. The number of aromatic amines is 1. The molecule has 1 unspecified atom stereocenters. The van der Waals surface area contributed by atoms with E-state index in [1.54, 1.807) is 7.11 Å². The number of rotatable bonds is 9. The number of H-pyrrole nitrogens is 1. The van der Waals surface area contributed by atoms with E-state index in [0.717, 1.165) is 41.7 Å². The summed E-state index contributed by atoms with van der Waals surface area (Å²) in [5.74, 6) is 1.02. The highest BCUT2D eigenvalue weighted by molar-refractivity contribution is 7.99. The van der Waals surface area contributed by atoms with Gasteiger partial charge in [-0.3, -0.25) is 9.36 Å². The monoisotopic (exact) mass is 415 g/mol. The highest BCUT2D eigenvalue weighted by Gasteiger charge is 2.19. The Balaban J connectivity index is 1.47. The first-order valence-electron chi connectivity index (χ1n) is 9.76. The van der Waals surface area contributed by atoms with E-state index in [0.29, 0.717) is 24.9 Å². The number of ether oxygens (including phenoxy) is 2. The molecule has 1 fully saturated rings. The summed E-state index contributed by atoms with van der Waals surface area (Å²) < 4.78 is 12.8. The van der Waals surface area contributed by atoms with Crippen molar-refractivity contribution in [2.45, 2.75) is 30.6 Å². The second-order valence-electron chi connectivity index (χ2n) is 6.93. The van der Waals surface area contributed by atoms with E-state index >= 15 is 0 Å². The number of para-hydroxylation sites is 1. The zero-order valence-corrected chi connectivity index (χ0v) is 17.2. The van der Waals surface area contributed by atoms with Gasteiger partial charge in [0.25, 0.3) is 0 Å². The van der Waals surface area contributed by atoms with Crippen LogP contribution in [0.15, 0.2) is 35.6 Å². The van der Waals surface area contributed by atoms with Crippen LogP contribution in [0.2, 0.25) is 0 Å². The molecule has 0 bridgehead atoms. The number of fused-ring (bicyclic) bond motifs is 1. The summed E-state index contributed by atoms with van der Waals surface area (Å²) in [7, 11) is 1.67. The number of methoxy groups -OCH3 is 1. The van der Waals surface area contributed by atoms with Gasteiger partial charge in [-0.15, -0.1) is 10.2 Å². The van der Waals surface area contributed by atoms with E-state index in [1.807, 2.05) is 29.0 Å². The van der Waals surface area contributed by atoms with Crippen LogP contribution in [0.1, 0.15) is 12.8 Å². The summed E-state index contributed by atoms with van der Waals surface area (Å²) in [6, 6.07) is 8.09. The van der Waals surface area contributed by atoms with Gasteiger partial charge in [0.1, 0.15) is 0 Å². The predicted molar refractivity (Wildman–Crippen MR) is 112 cm³/mol. The number of nitrogens with zero attached hydrogens (tertiary/aromatic N) is 3. The average molecular weight is 416 g/mol. The Kier molecular flexibility index (Phi) is 6.48. The third kappa shape index (κ3) is 4.63. The quantitative estimate of drug-likeness (QED) is 0.522. The molecule has 154 valence electrons. The Morgan fingerprint density at radius 3 is 3.14 bits per heavy atom. The van der Waals surface area contributed by atoms with Gasteiger partial charge in [-0.1, -0.05) is 30.0 Å². The number of aromatic nitrogens is 4. The first-order chi connectivity index (χ1) is 14.3. The third-order valence-corrected chi connectivity index (χ3v) is 5.92. The maximum atomic E-state index is 12.2. The summed E-state index contributed by atoms with van der Waals surface area (Å²) >= 11 is 1.38. The Morgan fingerprint density at radius 2 is 2.31 bits per heavy atom. The molecule has 1 aromatic carbocycles. The van der Waals surface area contributed by atoms with Crippen LogP contribution in [0.5, 0.6) is 0 Å². The van der Waals surface area contributed by atoms with Crippen LogP contribution in [0.3, 0.4) is 0 Å². The molecular formula is C20H25N5O3S. The molecule has 0 radical (unpaired) electrons. The molecule has 3 heterocycles. The van der Waals surface area contributed by atoms with Crippen molar-refractivity contribution >= 4 is 28.6 Å². The lowest BCUT2D eigenvalue weighted by atomic mass is 10.1. The average Bonchev–Trinajstić information content (AvgIpc) is 3.48. The fourth-order valence-electron chi connectivity index (χ4n) is 3.45. The molecule has 2 aromatic heterocycles. The Hall–Kier alpha value is -2.36. The minimum Gasteiger partial charge on any atom is -0.383 e. The topological polar surface area (TPSA) is 94.1 Å². The first kappa shape index (κ1) is 19.9. The molecule has 1 aliphatic heterocycles. The molecular weight excluding hydrogens is 390 g/mol. The number of hydrogen-bond donors (Lipinski definition) is 2. The number of carbonyl (C=O) groups excluding carboxylic acids is 1. The Morgan fingerprint density at radius 1 is 1.41 bits per heavy atom. The van der Waals surface area contributed by atoms with Crippen LogP contribution in [0, 0.1) is 0 Å². The number of hydrogen-bond acceptors (Lipinski definition) is 6. The summed E-state index contributed by atoms with van der Waals surface area (Å²) in [5, 5.41) is 13.5. The lowest BCUT2D eigenvalue weighted by Gasteiger charge is -2.11. The molecule has 1 aliphatic rings. The summed E-state index contributed by atoms with van der Waals surface area (Å²) in [6.45, 7) is 2.50. The standard InChI is InChI=1S/C20H25N5O3S/c1-27-10-8-25-19(16-12-21-17-7-3-2-6-15(16)17)23-24-20(25)29-13-18(26)22-11-14-5-4-9-28-14/h2-3,6-7,12,14,21H,4-5,8-11,13H2,1H3,(H,22,26). The Labute approximate surface area is 173 Å². The molecule has 2 N–H and O–H groups in total. The largest absolute Gasteiger partial charge is 0.383 e. The highest BCUT2D eigenvalue weighted by atomic mass is 32.2. The summed E-state index contributed by atoms with van der Waals surface area (Å²) in [5.41, 5.74) is 2.03. The van der Waals surface area contributed by atoms with Crippen LogP contribution in [0.4, 0.5) is 0 Å². The van der Waals surface area contributed by atoms with Crippen LogP contribution in [-0.4, -0.2) is 64.4 Å². The van der Waals surface area contributed by atoms with E-state index in [1.165, 1.54) is 11.8 Å².